The van der Waals surface area contributed by atoms with E-state index in [1.165, 1.54) is 17.9 Å². The molecule has 0 saturated heterocycles. The molecule has 8 nitrogen and oxygen atoms in total. The summed E-state index contributed by atoms with van der Waals surface area (Å²) >= 11 is 0. The van der Waals surface area contributed by atoms with Gasteiger partial charge in [0, 0.05) is 24.7 Å². The maximum absolute atomic E-state index is 12.8. The zero-order chi connectivity index (χ0) is 19.4. The highest BCUT2D eigenvalue weighted by Gasteiger charge is 2.17. The van der Waals surface area contributed by atoms with Crippen LogP contribution in [0.3, 0.4) is 0 Å². The number of anilines is 1. The summed E-state index contributed by atoms with van der Waals surface area (Å²) in [5, 5.41) is 2.64. The molecule has 1 N–H and O–H groups in total. The second kappa shape index (κ2) is 7.77. The Bertz CT molecular complexity index is 1030. The summed E-state index contributed by atoms with van der Waals surface area (Å²) in [7, 11) is 1.52. The summed E-state index contributed by atoms with van der Waals surface area (Å²) in [6.45, 7) is 3.78. The lowest BCUT2D eigenvalue weighted by molar-refractivity contribution is 0.102. The van der Waals surface area contributed by atoms with Crippen LogP contribution in [0.15, 0.2) is 47.8 Å². The number of nitrogens with one attached hydrogen (secondary N) is 1. The van der Waals surface area contributed by atoms with Gasteiger partial charge in [-0.15, -0.1) is 0 Å². The van der Waals surface area contributed by atoms with E-state index in [-0.39, 0.29) is 12.1 Å². The minimum Gasteiger partial charge on any atom is -0.497 e. The number of ether oxygens (including phenoxy) is 1. The molecule has 3 heterocycles. The van der Waals surface area contributed by atoms with Crippen LogP contribution in [0.2, 0.25) is 0 Å². The average Bonchev–Trinajstić information content (AvgIpc) is 2.66. The number of rotatable bonds is 5. The van der Waals surface area contributed by atoms with Crippen molar-refractivity contribution in [1.29, 1.82) is 0 Å². The summed E-state index contributed by atoms with van der Waals surface area (Å²) in [6, 6.07) is 4.96. The van der Waals surface area contributed by atoms with Crippen LogP contribution in [0.5, 0.6) is 5.75 Å². The van der Waals surface area contributed by atoms with Crippen LogP contribution >= 0.6 is 0 Å². The van der Waals surface area contributed by atoms with Gasteiger partial charge in [0.15, 0.2) is 0 Å². The first-order valence-corrected chi connectivity index (χ1v) is 8.27. The highest BCUT2D eigenvalue weighted by molar-refractivity contribution is 6.04. The fraction of sp³-hybridized carbons (Fsp3) is 0.211. The number of nitrogens with zero attached hydrogens (tertiary/aromatic N) is 4. The van der Waals surface area contributed by atoms with Crippen molar-refractivity contribution in [1.82, 2.24) is 19.5 Å². The van der Waals surface area contributed by atoms with Crippen molar-refractivity contribution >= 4 is 11.7 Å². The molecule has 1 amide bonds. The molecule has 138 valence electrons. The Hall–Kier alpha value is -3.55. The molecule has 0 unspecified atom stereocenters. The van der Waals surface area contributed by atoms with Gasteiger partial charge in [0.25, 0.3) is 11.5 Å². The third-order valence-electron chi connectivity index (χ3n) is 3.98. The average molecular weight is 365 g/mol. The van der Waals surface area contributed by atoms with Crippen LogP contribution in [0.1, 0.15) is 27.3 Å². The molecule has 3 aromatic heterocycles. The third kappa shape index (κ3) is 4.17. The van der Waals surface area contributed by atoms with Gasteiger partial charge in [0.2, 0.25) is 0 Å². The maximum atomic E-state index is 12.8. The minimum absolute atomic E-state index is 0.0576. The molecule has 0 fully saturated rings. The number of carbonyl (C=O) groups excluding carboxylic acids is 1. The van der Waals surface area contributed by atoms with E-state index in [4.69, 9.17) is 4.74 Å². The van der Waals surface area contributed by atoms with Crippen molar-refractivity contribution in [3.8, 4) is 5.75 Å². The lowest BCUT2D eigenvalue weighted by atomic mass is 10.1. The van der Waals surface area contributed by atoms with Crippen molar-refractivity contribution in [3.05, 3.63) is 75.9 Å². The molecule has 0 aliphatic rings. The SMILES string of the molecule is COc1ccnc(NC(=O)c2c(C)ccn(Cc3cnc(C)cn3)c2=O)c1. The van der Waals surface area contributed by atoms with E-state index in [9.17, 15) is 9.59 Å². The van der Waals surface area contributed by atoms with Crippen molar-refractivity contribution in [3.63, 3.8) is 0 Å². The van der Waals surface area contributed by atoms with Crippen molar-refractivity contribution < 1.29 is 9.53 Å². The molecule has 27 heavy (non-hydrogen) atoms. The Labute approximate surface area is 155 Å². The first-order chi connectivity index (χ1) is 13.0. The molecule has 3 rings (SSSR count). The Morgan fingerprint density at radius 1 is 1.19 bits per heavy atom. The number of pyridine rings is 2. The van der Waals surface area contributed by atoms with E-state index in [2.05, 4.69) is 20.3 Å². The fourth-order valence-corrected chi connectivity index (χ4v) is 2.53. The summed E-state index contributed by atoms with van der Waals surface area (Å²) in [5.41, 5.74) is 1.65. The summed E-state index contributed by atoms with van der Waals surface area (Å²) in [6.07, 6.45) is 6.40. The van der Waals surface area contributed by atoms with Gasteiger partial charge in [-0.2, -0.15) is 0 Å². The predicted octanol–water partition coefficient (Wildman–Crippen LogP) is 1.96. The summed E-state index contributed by atoms with van der Waals surface area (Å²) in [5.74, 6) is 0.334. The Balaban J connectivity index is 1.89. The van der Waals surface area contributed by atoms with Gasteiger partial charge in [-0.25, -0.2) is 4.98 Å². The molecular weight excluding hydrogens is 346 g/mol. The number of amides is 1. The Morgan fingerprint density at radius 3 is 2.70 bits per heavy atom. The van der Waals surface area contributed by atoms with Crippen molar-refractivity contribution in [2.45, 2.75) is 20.4 Å². The summed E-state index contributed by atoms with van der Waals surface area (Å²) < 4.78 is 6.54. The predicted molar refractivity (Wildman–Crippen MR) is 100 cm³/mol. The van der Waals surface area contributed by atoms with E-state index in [1.807, 2.05) is 6.92 Å². The molecule has 8 heteroatoms. The summed E-state index contributed by atoms with van der Waals surface area (Å²) in [4.78, 5) is 38.0. The Morgan fingerprint density at radius 2 is 2.00 bits per heavy atom. The zero-order valence-electron chi connectivity index (χ0n) is 15.3. The first kappa shape index (κ1) is 18.2. The normalized spacial score (nSPS) is 10.5. The standard InChI is InChI=1S/C19H19N5O3/c1-12-5-7-24(11-14-10-21-13(2)9-22-14)19(26)17(12)18(25)23-16-8-15(27-3)4-6-20-16/h4-10H,11H2,1-3H3,(H,20,23,25). The largest absolute Gasteiger partial charge is 0.497 e. The zero-order valence-corrected chi connectivity index (χ0v) is 15.3. The third-order valence-corrected chi connectivity index (χ3v) is 3.98. The molecule has 0 aliphatic heterocycles. The lowest BCUT2D eigenvalue weighted by Gasteiger charge is -2.11. The smallest absolute Gasteiger partial charge is 0.264 e. The first-order valence-electron chi connectivity index (χ1n) is 8.27. The Kier molecular flexibility index (Phi) is 5.25. The number of carbonyl (C=O) groups is 1. The van der Waals surface area contributed by atoms with E-state index < -0.39 is 11.5 Å². The minimum atomic E-state index is -0.525. The number of methoxy groups -OCH3 is 1. The van der Waals surface area contributed by atoms with Gasteiger partial charge >= 0.3 is 0 Å². The molecule has 3 aromatic rings. The maximum Gasteiger partial charge on any atom is 0.264 e. The van der Waals surface area contributed by atoms with Gasteiger partial charge < -0.3 is 14.6 Å². The highest BCUT2D eigenvalue weighted by atomic mass is 16.5. The molecule has 0 saturated carbocycles. The second-order valence-electron chi connectivity index (χ2n) is 5.99. The quantitative estimate of drug-likeness (QED) is 0.742. The number of aryl methyl sites for hydroxylation is 2. The number of aromatic nitrogens is 4. The van der Waals surface area contributed by atoms with Gasteiger partial charge in [-0.1, -0.05) is 0 Å². The highest BCUT2D eigenvalue weighted by Crippen LogP contribution is 2.15. The van der Waals surface area contributed by atoms with Crippen LogP contribution in [0, 0.1) is 13.8 Å². The molecular formula is C19H19N5O3. The van der Waals surface area contributed by atoms with E-state index in [1.54, 1.807) is 43.7 Å². The van der Waals surface area contributed by atoms with E-state index in [0.29, 0.717) is 22.8 Å². The second-order valence-corrected chi connectivity index (χ2v) is 5.99. The number of hydrogen-bond donors (Lipinski definition) is 1. The van der Waals surface area contributed by atoms with Gasteiger partial charge in [0.1, 0.15) is 17.1 Å². The molecule has 0 aromatic carbocycles. The van der Waals surface area contributed by atoms with Gasteiger partial charge in [-0.05, 0) is 31.5 Å². The monoisotopic (exact) mass is 365 g/mol. The topological polar surface area (TPSA) is 99.0 Å². The lowest BCUT2D eigenvalue weighted by Crippen LogP contribution is -2.30. The number of hydrogen-bond acceptors (Lipinski definition) is 6. The fourth-order valence-electron chi connectivity index (χ4n) is 2.53. The van der Waals surface area contributed by atoms with Gasteiger partial charge in [-0.3, -0.25) is 19.6 Å². The van der Waals surface area contributed by atoms with Crippen LogP contribution in [-0.2, 0) is 6.54 Å². The molecule has 0 bridgehead atoms. The van der Waals surface area contributed by atoms with E-state index in [0.717, 1.165) is 5.69 Å². The molecule has 0 spiro atoms. The molecule has 0 atom stereocenters. The van der Waals surface area contributed by atoms with Crippen LogP contribution < -0.4 is 15.6 Å². The van der Waals surface area contributed by atoms with Crippen molar-refractivity contribution in [2.24, 2.45) is 0 Å². The van der Waals surface area contributed by atoms with E-state index >= 15 is 0 Å². The van der Waals surface area contributed by atoms with Crippen LogP contribution in [-0.4, -0.2) is 32.5 Å². The van der Waals surface area contributed by atoms with Crippen LogP contribution in [0.25, 0.3) is 0 Å². The van der Waals surface area contributed by atoms with Gasteiger partial charge in [0.05, 0.1) is 31.2 Å². The van der Waals surface area contributed by atoms with Crippen LogP contribution in [0.4, 0.5) is 5.82 Å². The molecule has 0 aliphatic carbocycles. The van der Waals surface area contributed by atoms with Crippen molar-refractivity contribution in [2.75, 3.05) is 12.4 Å². The molecule has 0 radical (unpaired) electrons.